The Labute approximate surface area is 145 Å². The van der Waals surface area contributed by atoms with Gasteiger partial charge in [-0.25, -0.2) is 4.98 Å². The molecule has 4 rings (SSSR count). The zero-order valence-electron chi connectivity index (χ0n) is 14.0. The standard InChI is InChI=1S/C16H21N7O2/c17-13-11-12(1-2-18-13)14-19-15(22-3-7-24-8-4-22)21-16(20-14)23-5-9-25-10-6-23/h1-2,11H,3-10H2,(H2,17,18). The number of nitrogens with zero attached hydrogens (tertiary/aromatic N) is 6. The summed E-state index contributed by atoms with van der Waals surface area (Å²) in [6.07, 6.45) is 1.66. The number of morpholine rings is 2. The Morgan fingerprint density at radius 1 is 0.840 bits per heavy atom. The van der Waals surface area contributed by atoms with Gasteiger partial charge < -0.3 is 25.0 Å². The van der Waals surface area contributed by atoms with Crippen molar-refractivity contribution in [2.45, 2.75) is 0 Å². The van der Waals surface area contributed by atoms with E-state index in [0.717, 1.165) is 31.7 Å². The monoisotopic (exact) mass is 343 g/mol. The van der Waals surface area contributed by atoms with Crippen LogP contribution >= 0.6 is 0 Å². The lowest BCUT2D eigenvalue weighted by molar-refractivity contribution is 0.121. The molecular formula is C16H21N7O2. The molecule has 0 amide bonds. The van der Waals surface area contributed by atoms with Crippen LogP contribution in [-0.2, 0) is 9.47 Å². The lowest BCUT2D eigenvalue weighted by Gasteiger charge is -2.30. The highest BCUT2D eigenvalue weighted by Crippen LogP contribution is 2.23. The number of ether oxygens (including phenoxy) is 2. The quantitative estimate of drug-likeness (QED) is 0.836. The van der Waals surface area contributed by atoms with Crippen LogP contribution in [0.15, 0.2) is 18.3 Å². The Balaban J connectivity index is 1.73. The van der Waals surface area contributed by atoms with Crippen molar-refractivity contribution in [1.82, 2.24) is 19.9 Å². The highest BCUT2D eigenvalue weighted by molar-refractivity contribution is 5.61. The fourth-order valence-corrected chi connectivity index (χ4v) is 2.88. The van der Waals surface area contributed by atoms with Gasteiger partial charge in [0, 0.05) is 37.9 Å². The average Bonchev–Trinajstić information content (AvgIpc) is 2.69. The van der Waals surface area contributed by atoms with Crippen LogP contribution < -0.4 is 15.5 Å². The van der Waals surface area contributed by atoms with Gasteiger partial charge in [0.2, 0.25) is 11.9 Å². The van der Waals surface area contributed by atoms with E-state index in [2.05, 4.69) is 24.8 Å². The Kier molecular flexibility index (Phi) is 4.57. The van der Waals surface area contributed by atoms with Crippen molar-refractivity contribution in [3.05, 3.63) is 18.3 Å². The second-order valence-electron chi connectivity index (χ2n) is 5.93. The fourth-order valence-electron chi connectivity index (χ4n) is 2.88. The van der Waals surface area contributed by atoms with Crippen LogP contribution in [0.1, 0.15) is 0 Å². The van der Waals surface area contributed by atoms with E-state index in [-0.39, 0.29) is 0 Å². The molecule has 25 heavy (non-hydrogen) atoms. The average molecular weight is 343 g/mol. The molecule has 132 valence electrons. The molecule has 0 radical (unpaired) electrons. The molecule has 0 spiro atoms. The van der Waals surface area contributed by atoms with Crippen molar-refractivity contribution >= 4 is 17.7 Å². The first-order valence-electron chi connectivity index (χ1n) is 8.43. The maximum absolute atomic E-state index is 5.82. The van der Waals surface area contributed by atoms with Gasteiger partial charge in [-0.15, -0.1) is 0 Å². The van der Waals surface area contributed by atoms with Crippen molar-refractivity contribution in [2.75, 3.05) is 68.1 Å². The number of nitrogen functional groups attached to an aromatic ring is 1. The lowest BCUT2D eigenvalue weighted by Crippen LogP contribution is -2.40. The Bertz CT molecular complexity index is 694. The van der Waals surface area contributed by atoms with Crippen LogP contribution in [0.3, 0.4) is 0 Å². The molecule has 9 heteroatoms. The maximum atomic E-state index is 5.82. The van der Waals surface area contributed by atoms with E-state index in [1.807, 2.05) is 6.07 Å². The molecule has 2 fully saturated rings. The molecule has 0 atom stereocenters. The number of nitrogens with two attached hydrogens (primary N) is 1. The van der Waals surface area contributed by atoms with Gasteiger partial charge in [-0.05, 0) is 12.1 Å². The SMILES string of the molecule is Nc1cc(-c2nc(N3CCOCC3)nc(N3CCOCC3)n2)ccn1. The van der Waals surface area contributed by atoms with Gasteiger partial charge in [-0.2, -0.15) is 15.0 Å². The minimum Gasteiger partial charge on any atom is -0.384 e. The van der Waals surface area contributed by atoms with Gasteiger partial charge in [0.25, 0.3) is 0 Å². The second kappa shape index (κ2) is 7.16. The van der Waals surface area contributed by atoms with Gasteiger partial charge in [0.05, 0.1) is 26.4 Å². The normalized spacial score (nSPS) is 18.4. The molecule has 9 nitrogen and oxygen atoms in total. The fraction of sp³-hybridized carbons (Fsp3) is 0.500. The number of pyridine rings is 1. The lowest BCUT2D eigenvalue weighted by atomic mass is 10.2. The molecule has 2 saturated heterocycles. The third-order valence-corrected chi connectivity index (χ3v) is 4.24. The molecule has 2 aromatic heterocycles. The van der Waals surface area contributed by atoms with Gasteiger partial charge in [0.1, 0.15) is 5.82 Å². The van der Waals surface area contributed by atoms with Crippen LogP contribution in [0, 0.1) is 0 Å². The topological polar surface area (TPSA) is 103 Å². The maximum Gasteiger partial charge on any atom is 0.230 e. The highest BCUT2D eigenvalue weighted by Gasteiger charge is 2.21. The van der Waals surface area contributed by atoms with Crippen LogP contribution in [0.5, 0.6) is 0 Å². The summed E-state index contributed by atoms with van der Waals surface area (Å²) < 4.78 is 10.9. The molecule has 4 heterocycles. The molecular weight excluding hydrogens is 322 g/mol. The summed E-state index contributed by atoms with van der Waals surface area (Å²) in [5, 5.41) is 0. The van der Waals surface area contributed by atoms with E-state index >= 15 is 0 Å². The Morgan fingerprint density at radius 3 is 1.92 bits per heavy atom. The molecule has 2 aliphatic heterocycles. The van der Waals surface area contributed by atoms with Crippen molar-refractivity contribution in [2.24, 2.45) is 0 Å². The highest BCUT2D eigenvalue weighted by atomic mass is 16.5. The first-order valence-corrected chi connectivity index (χ1v) is 8.43. The van der Waals surface area contributed by atoms with Gasteiger partial charge in [0.15, 0.2) is 5.82 Å². The third-order valence-electron chi connectivity index (χ3n) is 4.24. The predicted molar refractivity (Wildman–Crippen MR) is 93.5 cm³/mol. The van der Waals surface area contributed by atoms with Crippen LogP contribution in [0.2, 0.25) is 0 Å². The van der Waals surface area contributed by atoms with Gasteiger partial charge in [-0.3, -0.25) is 0 Å². The number of rotatable bonds is 3. The van der Waals surface area contributed by atoms with Crippen LogP contribution in [0.25, 0.3) is 11.4 Å². The van der Waals surface area contributed by atoms with Crippen molar-refractivity contribution in [1.29, 1.82) is 0 Å². The predicted octanol–water partition coefficient (Wildman–Crippen LogP) is 0.189. The third kappa shape index (κ3) is 3.62. The summed E-state index contributed by atoms with van der Waals surface area (Å²) in [5.74, 6) is 2.39. The molecule has 2 N–H and O–H groups in total. The first kappa shape index (κ1) is 16.0. The molecule has 0 unspecified atom stereocenters. The van der Waals surface area contributed by atoms with Crippen LogP contribution in [-0.4, -0.2) is 72.5 Å². The molecule has 2 aliphatic rings. The summed E-state index contributed by atoms with van der Waals surface area (Å²) in [5.41, 5.74) is 6.65. The van der Waals surface area contributed by atoms with E-state index < -0.39 is 0 Å². The first-order chi connectivity index (χ1) is 12.3. The van der Waals surface area contributed by atoms with Crippen molar-refractivity contribution in [3.63, 3.8) is 0 Å². The number of aromatic nitrogens is 4. The van der Waals surface area contributed by atoms with Gasteiger partial charge in [-0.1, -0.05) is 0 Å². The largest absolute Gasteiger partial charge is 0.384 e. The zero-order valence-corrected chi connectivity index (χ0v) is 14.0. The summed E-state index contributed by atoms with van der Waals surface area (Å²) in [7, 11) is 0. The molecule has 0 aromatic carbocycles. The van der Waals surface area contributed by atoms with Gasteiger partial charge >= 0.3 is 0 Å². The molecule has 0 saturated carbocycles. The number of anilines is 3. The van der Waals surface area contributed by atoms with E-state index in [9.17, 15) is 0 Å². The van der Waals surface area contributed by atoms with Crippen molar-refractivity contribution < 1.29 is 9.47 Å². The summed E-state index contributed by atoms with van der Waals surface area (Å²) in [6.45, 7) is 5.78. The van der Waals surface area contributed by atoms with E-state index in [4.69, 9.17) is 20.2 Å². The zero-order chi connectivity index (χ0) is 17.1. The van der Waals surface area contributed by atoms with Crippen LogP contribution in [0.4, 0.5) is 17.7 Å². The van der Waals surface area contributed by atoms with E-state index in [1.54, 1.807) is 12.3 Å². The molecule has 2 aromatic rings. The molecule has 0 aliphatic carbocycles. The summed E-state index contributed by atoms with van der Waals surface area (Å²) in [4.78, 5) is 22.3. The number of hydrogen-bond acceptors (Lipinski definition) is 9. The Morgan fingerprint density at radius 2 is 1.40 bits per heavy atom. The van der Waals surface area contributed by atoms with E-state index in [0.29, 0.717) is 50.0 Å². The summed E-state index contributed by atoms with van der Waals surface area (Å²) in [6, 6.07) is 3.64. The minimum absolute atomic E-state index is 0.443. The number of hydrogen-bond donors (Lipinski definition) is 1. The van der Waals surface area contributed by atoms with Crippen molar-refractivity contribution in [3.8, 4) is 11.4 Å². The molecule has 0 bridgehead atoms. The summed E-state index contributed by atoms with van der Waals surface area (Å²) >= 11 is 0. The Hall–Kier alpha value is -2.52. The minimum atomic E-state index is 0.443. The smallest absolute Gasteiger partial charge is 0.230 e. The van der Waals surface area contributed by atoms with E-state index in [1.165, 1.54) is 0 Å². The second-order valence-corrected chi connectivity index (χ2v) is 5.93.